The number of aromatic hydroxyl groups is 5. The van der Waals surface area contributed by atoms with Gasteiger partial charge in [-0.3, -0.25) is 5.32 Å². The monoisotopic (exact) mass is 741 g/mol. The number of hydrogen-bond donors (Lipinski definition) is 8. The molecule has 9 N–H and O–H groups in total. The number of benzene rings is 6. The number of phenolic OH excluding ortho intramolecular Hbond substituents is 5. The van der Waals surface area contributed by atoms with Gasteiger partial charge in [-0.15, -0.1) is 0 Å². The third-order valence-corrected chi connectivity index (χ3v) is 11.6. The minimum absolute atomic E-state index is 0.00758. The van der Waals surface area contributed by atoms with Gasteiger partial charge in [0, 0.05) is 52.0 Å². The normalized spacial score (nSPS) is 19.3. The zero-order valence-corrected chi connectivity index (χ0v) is 32.0. The minimum atomic E-state index is -0.546. The summed E-state index contributed by atoms with van der Waals surface area (Å²) < 4.78 is 11.8. The van der Waals surface area contributed by atoms with Crippen molar-refractivity contribution in [1.82, 2.24) is 10.6 Å². The van der Waals surface area contributed by atoms with Crippen molar-refractivity contribution in [3.8, 4) is 73.6 Å². The fourth-order valence-electron chi connectivity index (χ4n) is 9.35. The van der Waals surface area contributed by atoms with Crippen molar-refractivity contribution in [3.05, 3.63) is 88.0 Å². The summed E-state index contributed by atoms with van der Waals surface area (Å²) in [6, 6.07) is 16.1. The molecular formula is C45H47N3O7. The van der Waals surface area contributed by atoms with E-state index < -0.39 is 6.17 Å². The maximum atomic E-state index is 12.4. The summed E-state index contributed by atoms with van der Waals surface area (Å²) in [6.07, 6.45) is 0.634. The maximum absolute atomic E-state index is 12.4. The van der Waals surface area contributed by atoms with Crippen LogP contribution < -0.4 is 25.8 Å². The van der Waals surface area contributed by atoms with Gasteiger partial charge >= 0.3 is 0 Å². The topological polar surface area (TPSA) is 170 Å². The second kappa shape index (κ2) is 13.3. The number of aryl methyl sites for hydroxylation is 2. The van der Waals surface area contributed by atoms with Crippen LogP contribution in [0.4, 0.5) is 0 Å². The van der Waals surface area contributed by atoms with Gasteiger partial charge in [0.1, 0.15) is 40.2 Å². The van der Waals surface area contributed by atoms with E-state index in [1.807, 2.05) is 51.1 Å². The lowest BCUT2D eigenvalue weighted by Crippen LogP contribution is -2.41. The van der Waals surface area contributed by atoms with E-state index in [-0.39, 0.29) is 46.9 Å². The Balaban J connectivity index is 1.45. The van der Waals surface area contributed by atoms with Gasteiger partial charge in [0.25, 0.3) is 0 Å². The molecule has 10 heteroatoms. The highest BCUT2D eigenvalue weighted by molar-refractivity contribution is 6.12. The second-order valence-electron chi connectivity index (χ2n) is 15.3. The van der Waals surface area contributed by atoms with Crippen LogP contribution >= 0.6 is 0 Å². The number of rotatable bonds is 5. The average Bonchev–Trinajstić information content (AvgIpc) is 3.12. The Labute approximate surface area is 319 Å². The molecule has 6 aromatic rings. The zero-order valence-electron chi connectivity index (χ0n) is 32.0. The lowest BCUT2D eigenvalue weighted by atomic mass is 9.81. The molecule has 55 heavy (non-hydrogen) atoms. The zero-order chi connectivity index (χ0) is 39.2. The van der Waals surface area contributed by atoms with Gasteiger partial charge in [0.2, 0.25) is 0 Å². The Bertz CT molecular complexity index is 2580. The maximum Gasteiger partial charge on any atom is 0.135 e. The van der Waals surface area contributed by atoms with Crippen LogP contribution in [0, 0.1) is 13.8 Å². The molecule has 6 aromatic carbocycles. The smallest absolute Gasteiger partial charge is 0.135 e. The summed E-state index contributed by atoms with van der Waals surface area (Å²) in [5.74, 6) is 0.710. The molecule has 0 fully saturated rings. The molecule has 0 aromatic heterocycles. The SMILES string of the molecule is COc1cc(C)cc2c(-c3c(O)cc(O)c4c3C[C@@H](C)N[C@@H]4C)cc(-c3ccc4c(-c5ccc(O)c6c5C[C@@H](C)N[C@@H]6N)c(C)cc(OC)c4c3O)c(O)c12. The van der Waals surface area contributed by atoms with Crippen LogP contribution in [-0.2, 0) is 12.8 Å². The molecule has 0 saturated carbocycles. The van der Waals surface area contributed by atoms with Gasteiger partial charge in [-0.05, 0) is 128 Å². The standard InChI is InChI=1S/C45H47N3O7/c1-19-12-27-29(39-31-16-21(3)47-23(5)38(31)33(50)18-34(39)51)17-30(44(53)42(27)35(13-19)54-6)25-8-9-26-37(20(2)14-36(55-7)41(26)43(25)52)24-10-11-32(49)40-28(24)15-22(4)48-45(40)46/h8-14,17-18,21-23,45,47-53H,15-16,46H2,1-7H3/t21-,22-,23-,45+/m1/s1. The third-order valence-electron chi connectivity index (χ3n) is 11.6. The average molecular weight is 742 g/mol. The minimum Gasteiger partial charge on any atom is -0.508 e. The summed E-state index contributed by atoms with van der Waals surface area (Å²) in [4.78, 5) is 0. The van der Waals surface area contributed by atoms with Crippen molar-refractivity contribution in [2.45, 2.75) is 71.8 Å². The van der Waals surface area contributed by atoms with Crippen LogP contribution in [0.15, 0.2) is 54.6 Å². The number of hydrogen-bond acceptors (Lipinski definition) is 10. The van der Waals surface area contributed by atoms with Crippen LogP contribution in [0.3, 0.4) is 0 Å². The molecule has 0 aliphatic carbocycles. The predicted molar refractivity (Wildman–Crippen MR) is 217 cm³/mol. The Kier molecular flexibility index (Phi) is 8.75. The number of nitrogens with one attached hydrogen (secondary N) is 2. The number of methoxy groups -OCH3 is 2. The lowest BCUT2D eigenvalue weighted by Gasteiger charge is -2.32. The van der Waals surface area contributed by atoms with Gasteiger partial charge in [-0.25, -0.2) is 0 Å². The first kappa shape index (κ1) is 36.3. The molecule has 10 nitrogen and oxygen atoms in total. The highest BCUT2D eigenvalue weighted by Gasteiger charge is 2.32. The van der Waals surface area contributed by atoms with E-state index >= 15 is 0 Å². The molecule has 0 spiro atoms. The van der Waals surface area contributed by atoms with Crippen molar-refractivity contribution < 1.29 is 35.0 Å². The van der Waals surface area contributed by atoms with Gasteiger partial charge in [0.05, 0.1) is 31.2 Å². The van der Waals surface area contributed by atoms with E-state index in [4.69, 9.17) is 15.2 Å². The summed E-state index contributed by atoms with van der Waals surface area (Å²) in [7, 11) is 3.10. The lowest BCUT2D eigenvalue weighted by molar-refractivity contribution is 0.400. The first-order valence-corrected chi connectivity index (χ1v) is 18.6. The largest absolute Gasteiger partial charge is 0.508 e. The van der Waals surface area contributed by atoms with Crippen molar-refractivity contribution >= 4 is 21.5 Å². The molecule has 0 saturated heterocycles. The van der Waals surface area contributed by atoms with Crippen LogP contribution in [0.2, 0.25) is 0 Å². The van der Waals surface area contributed by atoms with Crippen LogP contribution in [0.5, 0.6) is 40.2 Å². The van der Waals surface area contributed by atoms with Crippen molar-refractivity contribution in [2.24, 2.45) is 5.73 Å². The van der Waals surface area contributed by atoms with E-state index in [0.29, 0.717) is 73.9 Å². The number of ether oxygens (including phenoxy) is 2. The molecule has 4 atom stereocenters. The quantitative estimate of drug-likeness (QED) is 0.0861. The van der Waals surface area contributed by atoms with E-state index in [9.17, 15) is 25.5 Å². The highest BCUT2D eigenvalue weighted by Crippen LogP contribution is 2.54. The molecule has 8 rings (SSSR count). The number of phenols is 5. The van der Waals surface area contributed by atoms with Crippen molar-refractivity contribution in [3.63, 3.8) is 0 Å². The molecule has 0 unspecified atom stereocenters. The van der Waals surface area contributed by atoms with E-state index in [0.717, 1.165) is 38.8 Å². The number of nitrogens with two attached hydrogens (primary N) is 1. The van der Waals surface area contributed by atoms with E-state index in [1.165, 1.54) is 6.07 Å². The van der Waals surface area contributed by atoms with Gasteiger partial charge in [-0.1, -0.05) is 18.2 Å². The number of fused-ring (bicyclic) bond motifs is 4. The first-order valence-electron chi connectivity index (χ1n) is 18.6. The van der Waals surface area contributed by atoms with Gasteiger partial charge in [0.15, 0.2) is 0 Å². The second-order valence-corrected chi connectivity index (χ2v) is 15.3. The molecule has 284 valence electrons. The molecule has 2 aliphatic heterocycles. The Hall–Kier alpha value is -5.68. The summed E-state index contributed by atoms with van der Waals surface area (Å²) >= 11 is 0. The van der Waals surface area contributed by atoms with Crippen molar-refractivity contribution in [1.29, 1.82) is 0 Å². The fraction of sp³-hybridized carbons (Fsp3) is 0.289. The van der Waals surface area contributed by atoms with E-state index in [1.54, 1.807) is 32.4 Å². The predicted octanol–water partition coefficient (Wildman–Crippen LogP) is 8.24. The fourth-order valence-corrected chi connectivity index (χ4v) is 9.35. The van der Waals surface area contributed by atoms with Crippen molar-refractivity contribution in [2.75, 3.05) is 14.2 Å². The molecule has 2 aliphatic rings. The third kappa shape index (κ3) is 5.58. The molecule has 0 bridgehead atoms. The molecule has 0 radical (unpaired) electrons. The Morgan fingerprint density at radius 3 is 1.96 bits per heavy atom. The van der Waals surface area contributed by atoms with Crippen LogP contribution in [0.25, 0.3) is 54.9 Å². The Morgan fingerprint density at radius 2 is 1.24 bits per heavy atom. The Morgan fingerprint density at radius 1 is 0.600 bits per heavy atom. The molecule has 2 heterocycles. The summed E-state index contributed by atoms with van der Waals surface area (Å²) in [6.45, 7) is 10.0. The summed E-state index contributed by atoms with van der Waals surface area (Å²) in [5.41, 5.74) is 15.0. The first-order chi connectivity index (χ1) is 26.2. The van der Waals surface area contributed by atoms with Crippen LogP contribution in [0.1, 0.15) is 66.4 Å². The van der Waals surface area contributed by atoms with Crippen LogP contribution in [-0.4, -0.2) is 51.8 Å². The van der Waals surface area contributed by atoms with Gasteiger partial charge in [-0.2, -0.15) is 0 Å². The van der Waals surface area contributed by atoms with Gasteiger partial charge < -0.3 is 46.1 Å². The highest BCUT2D eigenvalue weighted by atomic mass is 16.5. The molecule has 0 amide bonds. The van der Waals surface area contributed by atoms with E-state index in [2.05, 4.69) is 24.5 Å². The summed E-state index contributed by atoms with van der Waals surface area (Å²) in [5, 5.41) is 67.4. The molecular weight excluding hydrogens is 695 g/mol.